The predicted molar refractivity (Wildman–Crippen MR) is 114 cm³/mol. The van der Waals surface area contributed by atoms with Gasteiger partial charge in [-0.25, -0.2) is 8.78 Å². The molecule has 0 saturated carbocycles. The molecule has 2 aliphatic rings. The number of methoxy groups -OCH3 is 1. The summed E-state index contributed by atoms with van der Waals surface area (Å²) < 4.78 is 32.7. The Morgan fingerprint density at radius 3 is 2.48 bits per heavy atom. The topological polar surface area (TPSA) is 73.9 Å². The highest BCUT2D eigenvalue weighted by atomic mass is 19.1. The van der Waals surface area contributed by atoms with Crippen molar-refractivity contribution in [3.63, 3.8) is 0 Å². The minimum atomic E-state index is -0.746. The van der Waals surface area contributed by atoms with E-state index < -0.39 is 17.4 Å². The van der Waals surface area contributed by atoms with Crippen LogP contribution in [0.4, 0.5) is 25.8 Å². The van der Waals surface area contributed by atoms with Crippen LogP contribution in [0.2, 0.25) is 0 Å². The van der Waals surface area contributed by atoms with E-state index in [0.29, 0.717) is 44.7 Å². The fourth-order valence-electron chi connectivity index (χ4n) is 3.92. The standard InChI is InChI=1S/C22H24F2N4O3/c1-31-22-17(23)11-16(12-18(22)24)27-6-8-28(9-7-27)21(30)13-25-15-3-4-19-14(10-15)2-5-20(29)26-19/h3-4,10-12,25H,2,5-9,13H2,1H3,(H,26,29). The summed E-state index contributed by atoms with van der Waals surface area (Å²) in [6.07, 6.45) is 1.14. The van der Waals surface area contributed by atoms with Gasteiger partial charge in [0.15, 0.2) is 17.4 Å². The molecule has 0 unspecified atom stereocenters. The van der Waals surface area contributed by atoms with E-state index in [1.165, 1.54) is 19.2 Å². The largest absolute Gasteiger partial charge is 0.491 e. The first-order chi connectivity index (χ1) is 14.9. The van der Waals surface area contributed by atoms with E-state index >= 15 is 0 Å². The number of piperazine rings is 1. The minimum absolute atomic E-state index is 0.0163. The number of ether oxygens (including phenoxy) is 1. The van der Waals surface area contributed by atoms with Crippen LogP contribution in [0.5, 0.6) is 5.75 Å². The number of nitrogens with zero attached hydrogens (tertiary/aromatic N) is 2. The van der Waals surface area contributed by atoms with Crippen molar-refractivity contribution in [2.45, 2.75) is 12.8 Å². The third-order valence-corrected chi connectivity index (χ3v) is 5.63. The van der Waals surface area contributed by atoms with Crippen LogP contribution in [0, 0.1) is 11.6 Å². The number of hydrogen-bond acceptors (Lipinski definition) is 5. The van der Waals surface area contributed by atoms with Crippen molar-refractivity contribution in [3.8, 4) is 5.75 Å². The lowest BCUT2D eigenvalue weighted by Crippen LogP contribution is -2.50. The number of hydrogen-bond donors (Lipinski definition) is 2. The van der Waals surface area contributed by atoms with Crippen LogP contribution in [0.25, 0.3) is 0 Å². The molecule has 164 valence electrons. The lowest BCUT2D eigenvalue weighted by molar-refractivity contribution is -0.129. The van der Waals surface area contributed by atoms with E-state index in [2.05, 4.69) is 10.6 Å². The summed E-state index contributed by atoms with van der Waals surface area (Å²) in [5.74, 6) is -1.91. The van der Waals surface area contributed by atoms with Crippen LogP contribution in [-0.4, -0.2) is 56.5 Å². The quantitative estimate of drug-likeness (QED) is 0.763. The third-order valence-electron chi connectivity index (χ3n) is 5.63. The van der Waals surface area contributed by atoms with E-state index in [1.54, 1.807) is 4.90 Å². The molecular formula is C22H24F2N4O3. The Kier molecular flexibility index (Phi) is 5.92. The maximum atomic E-state index is 14.0. The van der Waals surface area contributed by atoms with Gasteiger partial charge in [0.05, 0.1) is 13.7 Å². The van der Waals surface area contributed by atoms with E-state index in [4.69, 9.17) is 4.74 Å². The van der Waals surface area contributed by atoms with Crippen LogP contribution in [-0.2, 0) is 16.0 Å². The minimum Gasteiger partial charge on any atom is -0.491 e. The molecular weight excluding hydrogens is 406 g/mol. The second kappa shape index (κ2) is 8.79. The molecule has 1 fully saturated rings. The molecule has 0 atom stereocenters. The van der Waals surface area contributed by atoms with Crippen molar-refractivity contribution in [1.29, 1.82) is 0 Å². The molecule has 0 radical (unpaired) electrons. The smallest absolute Gasteiger partial charge is 0.241 e. The van der Waals surface area contributed by atoms with Crippen molar-refractivity contribution in [3.05, 3.63) is 47.5 Å². The summed E-state index contributed by atoms with van der Waals surface area (Å²) in [7, 11) is 1.22. The van der Waals surface area contributed by atoms with E-state index in [-0.39, 0.29) is 18.4 Å². The zero-order valence-electron chi connectivity index (χ0n) is 17.2. The molecule has 0 spiro atoms. The molecule has 0 aliphatic carbocycles. The summed E-state index contributed by atoms with van der Waals surface area (Å²) in [5.41, 5.74) is 3.12. The number of benzene rings is 2. The van der Waals surface area contributed by atoms with Crippen molar-refractivity contribution < 1.29 is 23.1 Å². The van der Waals surface area contributed by atoms with Crippen molar-refractivity contribution in [2.24, 2.45) is 0 Å². The normalized spacial score (nSPS) is 15.9. The van der Waals surface area contributed by atoms with Crippen molar-refractivity contribution in [2.75, 3.05) is 55.4 Å². The first-order valence-corrected chi connectivity index (χ1v) is 10.2. The summed E-state index contributed by atoms with van der Waals surface area (Å²) in [6.45, 7) is 2.04. The average molecular weight is 430 g/mol. The number of carbonyl (C=O) groups excluding carboxylic acids is 2. The summed E-state index contributed by atoms with van der Waals surface area (Å²) in [6, 6.07) is 8.12. The lowest BCUT2D eigenvalue weighted by atomic mass is 10.0. The van der Waals surface area contributed by atoms with Gasteiger partial charge in [0.2, 0.25) is 11.8 Å². The highest BCUT2D eigenvalue weighted by molar-refractivity contribution is 5.94. The highest BCUT2D eigenvalue weighted by Gasteiger charge is 2.23. The van der Waals surface area contributed by atoms with Crippen LogP contribution < -0.4 is 20.3 Å². The van der Waals surface area contributed by atoms with Crippen molar-refractivity contribution in [1.82, 2.24) is 4.90 Å². The lowest BCUT2D eigenvalue weighted by Gasteiger charge is -2.36. The Morgan fingerprint density at radius 2 is 1.81 bits per heavy atom. The molecule has 2 aliphatic heterocycles. The molecule has 4 rings (SSSR count). The fourth-order valence-corrected chi connectivity index (χ4v) is 3.92. The maximum Gasteiger partial charge on any atom is 0.241 e. The number of amides is 2. The molecule has 2 heterocycles. The number of fused-ring (bicyclic) bond motifs is 1. The van der Waals surface area contributed by atoms with Crippen LogP contribution in [0.1, 0.15) is 12.0 Å². The van der Waals surface area contributed by atoms with Gasteiger partial charge < -0.3 is 25.2 Å². The second-order valence-electron chi connectivity index (χ2n) is 7.58. The molecule has 7 nitrogen and oxygen atoms in total. The number of carbonyl (C=O) groups is 2. The highest BCUT2D eigenvalue weighted by Crippen LogP contribution is 2.28. The zero-order chi connectivity index (χ0) is 22.0. The maximum absolute atomic E-state index is 14.0. The third kappa shape index (κ3) is 4.55. The van der Waals surface area contributed by atoms with Crippen LogP contribution in [0.3, 0.4) is 0 Å². The van der Waals surface area contributed by atoms with Crippen LogP contribution in [0.15, 0.2) is 30.3 Å². The second-order valence-corrected chi connectivity index (χ2v) is 7.58. The Balaban J connectivity index is 1.30. The van der Waals surface area contributed by atoms with Gasteiger partial charge in [-0.3, -0.25) is 9.59 Å². The van der Waals surface area contributed by atoms with E-state index in [1.807, 2.05) is 23.1 Å². The van der Waals surface area contributed by atoms with Crippen LogP contribution >= 0.6 is 0 Å². The molecule has 2 aromatic rings. The Morgan fingerprint density at radius 1 is 1.10 bits per heavy atom. The number of halogens is 2. The van der Waals surface area contributed by atoms with Gasteiger partial charge in [-0.2, -0.15) is 0 Å². The SMILES string of the molecule is COc1c(F)cc(N2CCN(C(=O)CNc3ccc4c(c3)CCC(=O)N4)CC2)cc1F. The number of rotatable bonds is 5. The Bertz CT molecular complexity index is 983. The first-order valence-electron chi connectivity index (χ1n) is 10.2. The molecule has 1 saturated heterocycles. The van der Waals surface area contributed by atoms with Gasteiger partial charge in [0, 0.05) is 61.8 Å². The fraction of sp³-hybridized carbons (Fsp3) is 0.364. The monoisotopic (exact) mass is 430 g/mol. The van der Waals surface area contributed by atoms with Gasteiger partial charge in [0.25, 0.3) is 0 Å². The molecule has 0 bridgehead atoms. The molecule has 2 N–H and O–H groups in total. The van der Waals surface area contributed by atoms with Gasteiger partial charge in [-0.05, 0) is 30.2 Å². The average Bonchev–Trinajstić information content (AvgIpc) is 2.77. The zero-order valence-corrected chi connectivity index (χ0v) is 17.2. The summed E-state index contributed by atoms with van der Waals surface area (Å²) in [4.78, 5) is 27.6. The first kappa shape index (κ1) is 20.9. The molecule has 31 heavy (non-hydrogen) atoms. The van der Waals surface area contributed by atoms with Gasteiger partial charge in [-0.1, -0.05) is 0 Å². The molecule has 0 aromatic heterocycles. The van der Waals surface area contributed by atoms with E-state index in [9.17, 15) is 18.4 Å². The predicted octanol–water partition coefficient (Wildman–Crippen LogP) is 2.62. The van der Waals surface area contributed by atoms with Gasteiger partial charge in [0.1, 0.15) is 0 Å². The number of aryl methyl sites for hydroxylation is 1. The van der Waals surface area contributed by atoms with Gasteiger partial charge in [-0.15, -0.1) is 0 Å². The summed E-state index contributed by atoms with van der Waals surface area (Å²) >= 11 is 0. The molecule has 2 amide bonds. The molecule has 2 aromatic carbocycles. The van der Waals surface area contributed by atoms with Crippen molar-refractivity contribution >= 4 is 28.9 Å². The Labute approximate surface area is 179 Å². The number of anilines is 3. The van der Waals surface area contributed by atoms with E-state index in [0.717, 1.165) is 16.9 Å². The number of nitrogens with one attached hydrogen (secondary N) is 2. The van der Waals surface area contributed by atoms with Gasteiger partial charge >= 0.3 is 0 Å². The molecule has 9 heteroatoms. The summed E-state index contributed by atoms with van der Waals surface area (Å²) in [5, 5.41) is 5.98. The Hall–Kier alpha value is -3.36.